The van der Waals surface area contributed by atoms with E-state index in [0.717, 1.165) is 12.8 Å². The van der Waals surface area contributed by atoms with Gasteiger partial charge in [0.15, 0.2) is 0 Å². The van der Waals surface area contributed by atoms with Crippen LogP contribution in [-0.4, -0.2) is 0 Å². The number of hydrogen-bond acceptors (Lipinski definition) is 0. The van der Waals surface area contributed by atoms with Gasteiger partial charge in [-0.2, -0.15) is 0 Å². The van der Waals surface area contributed by atoms with Gasteiger partial charge in [-0.25, -0.2) is 0 Å². The molecule has 0 unspecified atom stereocenters. The molecule has 0 amide bonds. The highest BCUT2D eigenvalue weighted by Gasteiger charge is 2.24. The first kappa shape index (κ1) is 36.2. The molecule has 0 spiro atoms. The van der Waals surface area contributed by atoms with Crippen LogP contribution in [0.25, 0.3) is 22.3 Å². The maximum atomic E-state index is 2.63. The maximum absolute atomic E-state index is 2.63. The Labute approximate surface area is 293 Å². The van der Waals surface area contributed by atoms with Crippen molar-refractivity contribution < 1.29 is 0 Å². The summed E-state index contributed by atoms with van der Waals surface area (Å²) in [5.74, 6) is 0. The van der Waals surface area contributed by atoms with Crippen LogP contribution in [0.5, 0.6) is 0 Å². The number of rotatable bonds is 20. The Kier molecular flexibility index (Phi) is 13.6. The van der Waals surface area contributed by atoms with Gasteiger partial charge in [0.25, 0.3) is 0 Å². The first-order valence-corrected chi connectivity index (χ1v) is 20.2. The lowest BCUT2D eigenvalue weighted by molar-refractivity contribution is 0.766. The minimum Gasteiger partial charge on any atom is -0.0654 e. The molecule has 1 aliphatic carbocycles. The van der Waals surface area contributed by atoms with Crippen LogP contribution < -0.4 is 0 Å². The fourth-order valence-corrected chi connectivity index (χ4v) is 8.10. The van der Waals surface area contributed by atoms with Gasteiger partial charge in [-0.15, -0.1) is 0 Å². The molecule has 0 radical (unpaired) electrons. The van der Waals surface area contributed by atoms with E-state index in [9.17, 15) is 0 Å². The molecule has 4 aromatic rings. The van der Waals surface area contributed by atoms with Crippen LogP contribution in [0.2, 0.25) is 0 Å². The van der Waals surface area contributed by atoms with Gasteiger partial charge in [0.1, 0.15) is 0 Å². The smallest absolute Gasteiger partial charge is 0.00139 e. The molecular formula is C48H64. The molecule has 48 heavy (non-hydrogen) atoms. The Bertz CT molecular complexity index is 1780. The average Bonchev–Trinajstić information content (AvgIpc) is 3.11. The van der Waals surface area contributed by atoms with Crippen LogP contribution in [0.15, 0.2) is 60.7 Å². The molecule has 4 aromatic carbocycles. The molecule has 0 aliphatic heterocycles. The number of unbranched alkanes of at least 4 members (excludes halogenated alkanes) is 6. The minimum absolute atomic E-state index is 1.16. The van der Waals surface area contributed by atoms with E-state index in [-0.39, 0.29) is 0 Å². The Hall–Kier alpha value is -3.12. The average molecular weight is 641 g/mol. The van der Waals surface area contributed by atoms with Gasteiger partial charge in [-0.05, 0) is 154 Å². The van der Waals surface area contributed by atoms with Gasteiger partial charge in [-0.3, -0.25) is 0 Å². The Morgan fingerprint density at radius 2 is 0.750 bits per heavy atom. The number of hydrogen-bond donors (Lipinski definition) is 0. The zero-order chi connectivity index (χ0) is 33.9. The second-order valence-electron chi connectivity index (χ2n) is 14.7. The van der Waals surface area contributed by atoms with Gasteiger partial charge in [-0.1, -0.05) is 141 Å². The van der Waals surface area contributed by atoms with Crippen LogP contribution in [0, 0.1) is 20.9 Å². The zero-order valence-electron chi connectivity index (χ0n) is 31.5. The minimum atomic E-state index is 1.16. The summed E-state index contributed by atoms with van der Waals surface area (Å²) in [4.78, 5) is 0. The van der Waals surface area contributed by atoms with Crippen LogP contribution in [0.4, 0.5) is 0 Å². The van der Waals surface area contributed by atoms with E-state index in [2.05, 4.69) is 102 Å². The molecular weight excluding hydrogens is 577 g/mol. The van der Waals surface area contributed by atoms with Crippen molar-refractivity contribution >= 4 is 0 Å². The van der Waals surface area contributed by atoms with Gasteiger partial charge >= 0.3 is 0 Å². The lowest BCUT2D eigenvalue weighted by Crippen LogP contribution is -2.07. The fraction of sp³-hybridized carbons (Fsp3) is 0.500. The van der Waals surface area contributed by atoms with Crippen molar-refractivity contribution in [1.29, 1.82) is 0 Å². The van der Waals surface area contributed by atoms with Crippen LogP contribution in [0.1, 0.15) is 152 Å². The zero-order valence-corrected chi connectivity index (χ0v) is 31.5. The summed E-state index contributed by atoms with van der Waals surface area (Å²) in [6.45, 7) is 14.1. The van der Waals surface area contributed by atoms with E-state index < -0.39 is 0 Å². The third kappa shape index (κ3) is 8.01. The summed E-state index contributed by atoms with van der Waals surface area (Å²) in [5.41, 5.74) is 15.7. The first-order chi connectivity index (χ1) is 23.6. The molecule has 0 N–H and O–H groups in total. The molecule has 5 rings (SSSR count). The van der Waals surface area contributed by atoms with E-state index in [1.165, 1.54) is 129 Å². The molecule has 0 aromatic heterocycles. The van der Waals surface area contributed by atoms with Crippen molar-refractivity contribution in [2.45, 2.75) is 157 Å². The summed E-state index contributed by atoms with van der Waals surface area (Å²) in [7, 11) is 0. The summed E-state index contributed by atoms with van der Waals surface area (Å²) in [6.07, 6.45) is 22.0. The summed E-state index contributed by atoms with van der Waals surface area (Å²) >= 11 is 0. The highest BCUT2D eigenvalue weighted by Crippen LogP contribution is 2.44. The highest BCUT2D eigenvalue weighted by atomic mass is 14.3. The normalized spacial score (nSPS) is 11.8. The second kappa shape index (κ2) is 18.0. The molecule has 0 saturated carbocycles. The summed E-state index contributed by atoms with van der Waals surface area (Å²) < 4.78 is 0. The SMILES string of the molecule is CCCCc1cc(CCCC)c(-c2ccc3c(c2-c2c(CCCC)cc(CCCC)cc2CCCC)=c2ccccc2=3)c(CCCC)c1. The van der Waals surface area contributed by atoms with Crippen molar-refractivity contribution in [2.24, 2.45) is 0 Å². The Morgan fingerprint density at radius 1 is 0.354 bits per heavy atom. The molecule has 0 fully saturated rings. The predicted molar refractivity (Wildman–Crippen MR) is 211 cm³/mol. The molecule has 0 atom stereocenters. The van der Waals surface area contributed by atoms with Crippen molar-refractivity contribution in [3.8, 4) is 22.3 Å². The second-order valence-corrected chi connectivity index (χ2v) is 14.7. The van der Waals surface area contributed by atoms with E-state index in [1.807, 2.05) is 0 Å². The molecule has 1 aliphatic rings. The van der Waals surface area contributed by atoms with Gasteiger partial charge < -0.3 is 0 Å². The highest BCUT2D eigenvalue weighted by molar-refractivity contribution is 5.90. The van der Waals surface area contributed by atoms with Crippen molar-refractivity contribution in [3.05, 3.63) is 115 Å². The van der Waals surface area contributed by atoms with Crippen molar-refractivity contribution in [1.82, 2.24) is 0 Å². The summed E-state index contributed by atoms with van der Waals surface area (Å²) in [6, 6.07) is 24.7. The molecule has 0 heteroatoms. The van der Waals surface area contributed by atoms with Gasteiger partial charge in [0.2, 0.25) is 0 Å². The molecule has 0 saturated heterocycles. The lowest BCUT2D eigenvalue weighted by atomic mass is 9.78. The largest absolute Gasteiger partial charge is 0.0654 e. The van der Waals surface area contributed by atoms with E-state index in [1.54, 1.807) is 50.1 Å². The first-order valence-electron chi connectivity index (χ1n) is 20.2. The number of fused-ring (bicyclic) bond motifs is 2. The van der Waals surface area contributed by atoms with Gasteiger partial charge in [0, 0.05) is 0 Å². The van der Waals surface area contributed by atoms with E-state index in [0.29, 0.717) is 0 Å². The fourth-order valence-electron chi connectivity index (χ4n) is 8.10. The quantitative estimate of drug-likeness (QED) is 0.0794. The third-order valence-corrected chi connectivity index (χ3v) is 10.8. The van der Waals surface area contributed by atoms with E-state index >= 15 is 0 Å². The standard InChI is InChI=1S/C48H64/c1-7-13-21-35-31-37(23-15-9-3)45(38(32-35)24-16-10-4)44-30-29-43-41-27-19-20-28-42(41)47(43)48(44)46-39(25-17-11-5)33-36(22-14-8-2)34-40(46)26-18-12-6/h19-20,27-34H,7-18,21-26H2,1-6H3. The topological polar surface area (TPSA) is 0 Å². The van der Waals surface area contributed by atoms with Crippen LogP contribution >= 0.6 is 0 Å². The molecule has 0 bridgehead atoms. The lowest BCUT2D eigenvalue weighted by Gasteiger charge is -2.26. The Morgan fingerprint density at radius 3 is 1.19 bits per heavy atom. The third-order valence-electron chi connectivity index (χ3n) is 10.8. The predicted octanol–water partition coefficient (Wildman–Crippen LogP) is 14.0. The number of aryl methyl sites for hydroxylation is 6. The van der Waals surface area contributed by atoms with Crippen molar-refractivity contribution in [3.63, 3.8) is 0 Å². The monoisotopic (exact) mass is 641 g/mol. The Balaban J connectivity index is 1.91. The molecule has 256 valence electrons. The maximum Gasteiger partial charge on any atom is -0.00139 e. The summed E-state index contributed by atoms with van der Waals surface area (Å²) in [5, 5.41) is 5.84. The molecule has 0 nitrogen and oxygen atoms in total. The van der Waals surface area contributed by atoms with Crippen LogP contribution in [0.3, 0.4) is 0 Å². The van der Waals surface area contributed by atoms with Crippen LogP contribution in [-0.2, 0) is 38.5 Å². The van der Waals surface area contributed by atoms with Gasteiger partial charge in [0.05, 0.1) is 0 Å². The van der Waals surface area contributed by atoms with Crippen molar-refractivity contribution in [2.75, 3.05) is 0 Å². The number of benzene rings is 4. The van der Waals surface area contributed by atoms with E-state index in [4.69, 9.17) is 0 Å². The molecule has 0 heterocycles.